The highest BCUT2D eigenvalue weighted by Gasteiger charge is 2.22. The van der Waals surface area contributed by atoms with Gasteiger partial charge in [0.25, 0.3) is 0 Å². The van der Waals surface area contributed by atoms with Gasteiger partial charge in [-0.05, 0) is 38.1 Å². The van der Waals surface area contributed by atoms with Crippen LogP contribution in [0, 0.1) is 13.8 Å². The van der Waals surface area contributed by atoms with Crippen molar-refractivity contribution in [2.45, 2.75) is 13.8 Å². The molecular weight excluding hydrogens is 430 g/mol. The first-order valence-electron chi connectivity index (χ1n) is 10.9. The summed E-state index contributed by atoms with van der Waals surface area (Å²) in [5.74, 6) is 0. The lowest BCUT2D eigenvalue weighted by Gasteiger charge is -2.04. The van der Waals surface area contributed by atoms with Crippen LogP contribution < -0.4 is 0 Å². The van der Waals surface area contributed by atoms with Gasteiger partial charge >= 0.3 is 12.2 Å². The Morgan fingerprint density at radius 1 is 0.647 bits per heavy atom. The number of rotatable bonds is 2. The third-order valence-electron chi connectivity index (χ3n) is 6.20. The van der Waals surface area contributed by atoms with Crippen LogP contribution in [0.5, 0.6) is 0 Å². The zero-order valence-electron chi connectivity index (χ0n) is 19.7. The van der Waals surface area contributed by atoms with Crippen LogP contribution in [0.3, 0.4) is 0 Å². The van der Waals surface area contributed by atoms with Crippen molar-refractivity contribution in [1.82, 2.24) is 13.7 Å². The zero-order valence-corrected chi connectivity index (χ0v) is 19.7. The molecule has 5 aromatic rings. The van der Waals surface area contributed by atoms with Crippen LogP contribution in [-0.2, 0) is 16.5 Å². The van der Waals surface area contributed by atoms with E-state index in [2.05, 4.69) is 12.1 Å². The van der Waals surface area contributed by atoms with E-state index in [0.29, 0.717) is 0 Å². The van der Waals surface area contributed by atoms with Gasteiger partial charge in [0.15, 0.2) is 0 Å². The number of aromatic nitrogens is 3. The Morgan fingerprint density at radius 3 is 1.44 bits per heavy atom. The molecule has 3 heterocycles. The van der Waals surface area contributed by atoms with E-state index in [-0.39, 0.29) is 0 Å². The largest absolute Gasteiger partial charge is 0.452 e. The molecule has 0 amide bonds. The number of ether oxygens (including phenoxy) is 2. The van der Waals surface area contributed by atoms with Crippen LogP contribution in [0.1, 0.15) is 11.1 Å². The van der Waals surface area contributed by atoms with E-state index in [9.17, 15) is 9.59 Å². The third kappa shape index (κ3) is 3.28. The maximum atomic E-state index is 12.5. The maximum absolute atomic E-state index is 12.5. The molecule has 7 heteroatoms. The molecular formula is C27H25N3O4. The number of nitrogens with zero attached hydrogens (tertiary/aromatic N) is 3. The number of carbonyl (C=O) groups excluding carboxylic acids is 2. The summed E-state index contributed by atoms with van der Waals surface area (Å²) < 4.78 is 15.1. The number of fused-ring (bicyclic) bond motifs is 2. The highest BCUT2D eigenvalue weighted by molar-refractivity contribution is 6.08. The average molecular weight is 456 g/mol. The summed E-state index contributed by atoms with van der Waals surface area (Å²) in [6.45, 7) is 4.05. The molecule has 0 aliphatic carbocycles. The molecule has 3 aromatic heterocycles. The Balaban J connectivity index is 1.83. The van der Waals surface area contributed by atoms with Crippen molar-refractivity contribution < 1.29 is 19.1 Å². The molecule has 0 unspecified atom stereocenters. The summed E-state index contributed by atoms with van der Waals surface area (Å²) in [4.78, 5) is 25.0. The Kier molecular flexibility index (Phi) is 5.05. The molecule has 0 fully saturated rings. The quantitative estimate of drug-likeness (QED) is 0.322. The fourth-order valence-electron chi connectivity index (χ4n) is 4.63. The van der Waals surface area contributed by atoms with Crippen LogP contribution in [0.15, 0.2) is 61.2 Å². The van der Waals surface area contributed by atoms with Crippen molar-refractivity contribution in [2.24, 2.45) is 7.05 Å². The molecule has 5 rings (SSSR count). The van der Waals surface area contributed by atoms with Crippen molar-refractivity contribution in [3.8, 4) is 22.3 Å². The fraction of sp³-hybridized carbons (Fsp3) is 0.185. The minimum absolute atomic E-state index is 0.449. The SMILES string of the molecule is COC(=O)n1cc(-c2cn(C)cc2-c2cn(C(=O)OC)c3ccc(C)cc23)c2cc(C)ccc21. The topological polar surface area (TPSA) is 67.4 Å². The molecule has 0 saturated heterocycles. The maximum Gasteiger partial charge on any atom is 0.418 e. The Bertz CT molecular complexity index is 1480. The first-order chi connectivity index (χ1) is 16.3. The summed E-state index contributed by atoms with van der Waals surface area (Å²) in [7, 11) is 4.71. The number of methoxy groups -OCH3 is 2. The van der Waals surface area contributed by atoms with E-state index in [1.165, 1.54) is 23.4 Å². The zero-order chi connectivity index (χ0) is 24.1. The van der Waals surface area contributed by atoms with Crippen molar-refractivity contribution >= 4 is 34.0 Å². The second kappa shape index (κ2) is 7.95. The third-order valence-corrected chi connectivity index (χ3v) is 6.20. The van der Waals surface area contributed by atoms with E-state index in [1.807, 2.05) is 74.5 Å². The van der Waals surface area contributed by atoms with Crippen LogP contribution in [0.2, 0.25) is 0 Å². The highest BCUT2D eigenvalue weighted by atomic mass is 16.5. The minimum atomic E-state index is -0.449. The molecule has 0 spiro atoms. The number of carbonyl (C=O) groups is 2. The van der Waals surface area contributed by atoms with Gasteiger partial charge in [0.1, 0.15) is 0 Å². The predicted molar refractivity (Wildman–Crippen MR) is 132 cm³/mol. The standard InChI is InChI=1S/C27H25N3O4/c1-16-6-8-24-18(10-16)22(14-29(24)26(31)33-4)20-12-28(3)13-21(20)23-15-30(27(32)34-5)25-9-7-17(2)11-19(23)25/h6-15H,1-5H3. The van der Waals surface area contributed by atoms with Gasteiger partial charge in [0, 0.05) is 64.9 Å². The lowest BCUT2D eigenvalue weighted by molar-refractivity contribution is 0.173. The summed E-state index contributed by atoms with van der Waals surface area (Å²) in [6, 6.07) is 12.0. The first-order valence-corrected chi connectivity index (χ1v) is 10.9. The Morgan fingerprint density at radius 2 is 1.06 bits per heavy atom. The molecule has 7 nitrogen and oxygen atoms in total. The summed E-state index contributed by atoms with van der Waals surface area (Å²) >= 11 is 0. The van der Waals surface area contributed by atoms with Crippen molar-refractivity contribution in [2.75, 3.05) is 14.2 Å². The van der Waals surface area contributed by atoms with Gasteiger partial charge < -0.3 is 14.0 Å². The second-order valence-corrected chi connectivity index (χ2v) is 8.56. The van der Waals surface area contributed by atoms with Crippen LogP contribution in [-0.4, -0.2) is 40.1 Å². The first kappa shape index (κ1) is 21.6. The minimum Gasteiger partial charge on any atom is -0.452 e. The lowest BCUT2D eigenvalue weighted by atomic mass is 9.97. The summed E-state index contributed by atoms with van der Waals surface area (Å²) in [5.41, 5.74) is 7.44. The lowest BCUT2D eigenvalue weighted by Crippen LogP contribution is -2.09. The molecule has 0 aliphatic heterocycles. The second-order valence-electron chi connectivity index (χ2n) is 8.56. The van der Waals surface area contributed by atoms with Crippen LogP contribution >= 0.6 is 0 Å². The van der Waals surface area contributed by atoms with E-state index < -0.39 is 12.2 Å². The molecule has 0 atom stereocenters. The molecule has 0 N–H and O–H groups in total. The molecule has 0 bridgehead atoms. The molecule has 0 saturated carbocycles. The molecule has 0 aliphatic rings. The smallest absolute Gasteiger partial charge is 0.418 e. The van der Waals surface area contributed by atoms with Crippen molar-refractivity contribution in [3.05, 3.63) is 72.3 Å². The number of benzene rings is 2. The monoisotopic (exact) mass is 455 g/mol. The highest BCUT2D eigenvalue weighted by Crippen LogP contribution is 2.41. The van der Waals surface area contributed by atoms with Gasteiger partial charge in [-0.2, -0.15) is 0 Å². The molecule has 34 heavy (non-hydrogen) atoms. The van der Waals surface area contributed by atoms with E-state index >= 15 is 0 Å². The van der Waals surface area contributed by atoms with Gasteiger partial charge in [-0.1, -0.05) is 23.3 Å². The average Bonchev–Trinajstić information content (AvgIpc) is 3.50. The van der Waals surface area contributed by atoms with Crippen LogP contribution in [0.4, 0.5) is 9.59 Å². The number of aryl methyl sites for hydroxylation is 3. The molecule has 172 valence electrons. The van der Waals surface area contributed by atoms with E-state index in [1.54, 1.807) is 0 Å². The van der Waals surface area contributed by atoms with Gasteiger partial charge in [-0.15, -0.1) is 0 Å². The van der Waals surface area contributed by atoms with Gasteiger partial charge in [-0.25, -0.2) is 9.59 Å². The van der Waals surface area contributed by atoms with E-state index in [0.717, 1.165) is 55.2 Å². The van der Waals surface area contributed by atoms with Crippen molar-refractivity contribution in [3.63, 3.8) is 0 Å². The molecule has 2 aromatic carbocycles. The van der Waals surface area contributed by atoms with Gasteiger partial charge in [0.2, 0.25) is 0 Å². The number of hydrogen-bond acceptors (Lipinski definition) is 4. The summed E-state index contributed by atoms with van der Waals surface area (Å²) in [6.07, 6.45) is 6.81. The van der Waals surface area contributed by atoms with Crippen molar-refractivity contribution in [1.29, 1.82) is 0 Å². The molecule has 0 radical (unpaired) electrons. The summed E-state index contributed by atoms with van der Waals surface area (Å²) in [5, 5.41) is 1.90. The van der Waals surface area contributed by atoms with Gasteiger partial charge in [-0.3, -0.25) is 9.13 Å². The Labute approximate surface area is 196 Å². The fourth-order valence-corrected chi connectivity index (χ4v) is 4.63. The van der Waals surface area contributed by atoms with Gasteiger partial charge in [0.05, 0.1) is 25.3 Å². The number of hydrogen-bond donors (Lipinski definition) is 0. The van der Waals surface area contributed by atoms with E-state index in [4.69, 9.17) is 9.47 Å². The normalized spacial score (nSPS) is 11.3. The van der Waals surface area contributed by atoms with Crippen LogP contribution in [0.25, 0.3) is 44.1 Å². The predicted octanol–water partition coefficient (Wildman–Crippen LogP) is 6.11. The Hall–Kier alpha value is -4.26.